The van der Waals surface area contributed by atoms with Crippen molar-refractivity contribution in [2.45, 2.75) is 13.5 Å². The lowest BCUT2D eigenvalue weighted by Gasteiger charge is -2.11. The van der Waals surface area contributed by atoms with Crippen LogP contribution < -0.4 is 0 Å². The summed E-state index contributed by atoms with van der Waals surface area (Å²) in [6.45, 7) is 3.72. The van der Waals surface area contributed by atoms with Crippen molar-refractivity contribution in [3.05, 3.63) is 36.2 Å². The molecular weight excluding hydrogens is 270 g/mol. The summed E-state index contributed by atoms with van der Waals surface area (Å²) < 4.78 is 5.26. The smallest absolute Gasteiger partial charge is 0.308 e. The van der Waals surface area contributed by atoms with E-state index in [0.717, 1.165) is 12.1 Å². The molecule has 2 unspecified atom stereocenters. The molecule has 1 aromatic heterocycles. The fourth-order valence-electron chi connectivity index (χ4n) is 2.73. The zero-order chi connectivity index (χ0) is 14.8. The zero-order valence-corrected chi connectivity index (χ0v) is 11.8. The average Bonchev–Trinajstić information content (AvgIpc) is 3.07. The van der Waals surface area contributed by atoms with Crippen LogP contribution in [0.5, 0.6) is 0 Å². The lowest BCUT2D eigenvalue weighted by molar-refractivity contribution is -0.142. The standard InChI is InChI=1S/C15H17N3O3/c1-10-7-18(8-12(10)15(19)20)9-13-16-14(17-21-13)11-5-3-2-4-6-11/h2-6,10,12H,7-9H2,1H3,(H,19,20). The minimum Gasteiger partial charge on any atom is -0.481 e. The molecular formula is C15H17N3O3. The Labute approximate surface area is 122 Å². The third-order valence-corrected chi connectivity index (χ3v) is 3.86. The van der Waals surface area contributed by atoms with E-state index in [1.807, 2.05) is 42.2 Å². The van der Waals surface area contributed by atoms with Gasteiger partial charge in [-0.05, 0) is 5.92 Å². The largest absolute Gasteiger partial charge is 0.481 e. The van der Waals surface area contributed by atoms with Crippen LogP contribution in [0.2, 0.25) is 0 Å². The molecule has 6 nitrogen and oxygen atoms in total. The first kappa shape index (κ1) is 13.8. The van der Waals surface area contributed by atoms with Gasteiger partial charge in [0, 0.05) is 18.7 Å². The number of hydrogen-bond acceptors (Lipinski definition) is 5. The Bertz CT molecular complexity index is 626. The molecule has 1 aromatic carbocycles. The molecule has 0 saturated carbocycles. The molecule has 6 heteroatoms. The van der Waals surface area contributed by atoms with Crippen LogP contribution in [0.15, 0.2) is 34.9 Å². The van der Waals surface area contributed by atoms with E-state index in [1.54, 1.807) is 0 Å². The second-order valence-corrected chi connectivity index (χ2v) is 5.49. The molecule has 2 atom stereocenters. The fraction of sp³-hybridized carbons (Fsp3) is 0.400. The molecule has 3 rings (SSSR count). The van der Waals surface area contributed by atoms with Crippen molar-refractivity contribution >= 4 is 5.97 Å². The van der Waals surface area contributed by atoms with Crippen LogP contribution >= 0.6 is 0 Å². The maximum absolute atomic E-state index is 11.1. The van der Waals surface area contributed by atoms with Gasteiger partial charge < -0.3 is 9.63 Å². The molecule has 1 fully saturated rings. The monoisotopic (exact) mass is 287 g/mol. The van der Waals surface area contributed by atoms with Gasteiger partial charge in [0.05, 0.1) is 12.5 Å². The highest BCUT2D eigenvalue weighted by Crippen LogP contribution is 2.25. The van der Waals surface area contributed by atoms with E-state index >= 15 is 0 Å². The van der Waals surface area contributed by atoms with Crippen molar-refractivity contribution in [3.63, 3.8) is 0 Å². The molecule has 0 radical (unpaired) electrons. The van der Waals surface area contributed by atoms with Gasteiger partial charge in [-0.2, -0.15) is 4.98 Å². The highest BCUT2D eigenvalue weighted by atomic mass is 16.5. The van der Waals surface area contributed by atoms with E-state index in [0.29, 0.717) is 24.8 Å². The Kier molecular flexibility index (Phi) is 3.70. The molecule has 0 bridgehead atoms. The van der Waals surface area contributed by atoms with E-state index in [9.17, 15) is 4.79 Å². The number of aromatic nitrogens is 2. The van der Waals surface area contributed by atoms with Crippen LogP contribution in [0.4, 0.5) is 0 Å². The first-order chi connectivity index (χ1) is 10.1. The molecule has 1 aliphatic heterocycles. The van der Waals surface area contributed by atoms with Gasteiger partial charge in [0.2, 0.25) is 11.7 Å². The average molecular weight is 287 g/mol. The molecule has 1 aliphatic rings. The van der Waals surface area contributed by atoms with E-state index in [-0.39, 0.29) is 11.8 Å². The molecule has 1 N–H and O–H groups in total. The van der Waals surface area contributed by atoms with Crippen LogP contribution in [0.1, 0.15) is 12.8 Å². The van der Waals surface area contributed by atoms with Crippen LogP contribution in [0, 0.1) is 11.8 Å². The van der Waals surface area contributed by atoms with Gasteiger partial charge in [0.25, 0.3) is 0 Å². The van der Waals surface area contributed by atoms with Crippen LogP contribution in [0.3, 0.4) is 0 Å². The van der Waals surface area contributed by atoms with Crippen molar-refractivity contribution in [1.29, 1.82) is 0 Å². The summed E-state index contributed by atoms with van der Waals surface area (Å²) in [6.07, 6.45) is 0. The maximum Gasteiger partial charge on any atom is 0.308 e. The van der Waals surface area contributed by atoms with Crippen LogP contribution in [-0.4, -0.2) is 39.2 Å². The molecule has 0 aliphatic carbocycles. The van der Waals surface area contributed by atoms with Gasteiger partial charge in [0.15, 0.2) is 0 Å². The summed E-state index contributed by atoms with van der Waals surface area (Å²) in [7, 11) is 0. The molecule has 0 amide bonds. The second kappa shape index (κ2) is 5.65. The number of rotatable bonds is 4. The number of carbonyl (C=O) groups is 1. The summed E-state index contributed by atoms with van der Waals surface area (Å²) in [5, 5.41) is 13.1. The minimum absolute atomic E-state index is 0.138. The first-order valence-electron chi connectivity index (χ1n) is 6.96. The van der Waals surface area contributed by atoms with Gasteiger partial charge in [-0.3, -0.25) is 9.69 Å². The summed E-state index contributed by atoms with van der Waals surface area (Å²) >= 11 is 0. The topological polar surface area (TPSA) is 79.5 Å². The van der Waals surface area contributed by atoms with Gasteiger partial charge >= 0.3 is 5.97 Å². The SMILES string of the molecule is CC1CN(Cc2nc(-c3ccccc3)no2)CC1C(=O)O. The number of benzene rings is 1. The Hall–Kier alpha value is -2.21. The second-order valence-electron chi connectivity index (χ2n) is 5.49. The van der Waals surface area contributed by atoms with E-state index in [4.69, 9.17) is 9.63 Å². The Morgan fingerprint density at radius 1 is 1.38 bits per heavy atom. The molecule has 2 heterocycles. The normalized spacial score (nSPS) is 22.5. The van der Waals surface area contributed by atoms with Crippen LogP contribution in [0.25, 0.3) is 11.4 Å². The quantitative estimate of drug-likeness (QED) is 0.925. The highest BCUT2D eigenvalue weighted by molar-refractivity contribution is 5.71. The lowest BCUT2D eigenvalue weighted by atomic mass is 9.99. The van der Waals surface area contributed by atoms with Crippen molar-refractivity contribution in [1.82, 2.24) is 15.0 Å². The fourth-order valence-corrected chi connectivity index (χ4v) is 2.73. The zero-order valence-electron chi connectivity index (χ0n) is 11.8. The van der Waals surface area contributed by atoms with Gasteiger partial charge in [-0.15, -0.1) is 0 Å². The summed E-state index contributed by atoms with van der Waals surface area (Å²) in [6, 6.07) is 9.62. The Balaban J connectivity index is 1.67. The van der Waals surface area contributed by atoms with Gasteiger partial charge in [-0.25, -0.2) is 0 Å². The van der Waals surface area contributed by atoms with E-state index < -0.39 is 5.97 Å². The summed E-state index contributed by atoms with van der Waals surface area (Å²) in [5.41, 5.74) is 0.908. The third kappa shape index (κ3) is 2.95. The number of carboxylic acids is 1. The van der Waals surface area contributed by atoms with Crippen molar-refractivity contribution < 1.29 is 14.4 Å². The maximum atomic E-state index is 11.1. The lowest BCUT2D eigenvalue weighted by Crippen LogP contribution is -2.23. The van der Waals surface area contributed by atoms with Crippen LogP contribution in [-0.2, 0) is 11.3 Å². The molecule has 21 heavy (non-hydrogen) atoms. The third-order valence-electron chi connectivity index (χ3n) is 3.86. The predicted molar refractivity (Wildman–Crippen MR) is 75.3 cm³/mol. The first-order valence-corrected chi connectivity index (χ1v) is 6.96. The number of nitrogens with zero attached hydrogens (tertiary/aromatic N) is 3. The van der Waals surface area contributed by atoms with Gasteiger partial charge in [0.1, 0.15) is 0 Å². The van der Waals surface area contributed by atoms with Crippen molar-refractivity contribution in [2.75, 3.05) is 13.1 Å². The molecule has 2 aromatic rings. The molecule has 110 valence electrons. The number of carboxylic acid groups (broad SMARTS) is 1. The molecule has 0 spiro atoms. The van der Waals surface area contributed by atoms with E-state index in [1.165, 1.54) is 0 Å². The number of aliphatic carboxylic acids is 1. The Morgan fingerprint density at radius 2 is 2.14 bits per heavy atom. The number of hydrogen-bond donors (Lipinski definition) is 1. The predicted octanol–water partition coefficient (Wildman–Crippen LogP) is 1.89. The number of likely N-dealkylation sites (tertiary alicyclic amines) is 1. The van der Waals surface area contributed by atoms with Crippen molar-refractivity contribution in [2.24, 2.45) is 11.8 Å². The minimum atomic E-state index is -0.736. The van der Waals surface area contributed by atoms with E-state index in [2.05, 4.69) is 10.1 Å². The highest BCUT2D eigenvalue weighted by Gasteiger charge is 2.35. The van der Waals surface area contributed by atoms with Gasteiger partial charge in [-0.1, -0.05) is 42.4 Å². The van der Waals surface area contributed by atoms with Crippen molar-refractivity contribution in [3.8, 4) is 11.4 Å². The Morgan fingerprint density at radius 3 is 2.81 bits per heavy atom. The summed E-state index contributed by atoms with van der Waals surface area (Å²) in [4.78, 5) is 17.5. The molecule has 1 saturated heterocycles. The summed E-state index contributed by atoms with van der Waals surface area (Å²) in [5.74, 6) is 0.167.